The summed E-state index contributed by atoms with van der Waals surface area (Å²) in [7, 11) is 0. The summed E-state index contributed by atoms with van der Waals surface area (Å²) in [5, 5.41) is 36.9. The lowest BCUT2D eigenvalue weighted by molar-refractivity contribution is -0.393. The third-order valence-electron chi connectivity index (χ3n) is 3.36. The van der Waals surface area contributed by atoms with E-state index < -0.39 is 26.1 Å². The van der Waals surface area contributed by atoms with Gasteiger partial charge >= 0.3 is 0 Å². The van der Waals surface area contributed by atoms with Crippen molar-refractivity contribution in [1.29, 1.82) is 0 Å². The number of nitro benzene ring substituents is 3. The van der Waals surface area contributed by atoms with Crippen molar-refractivity contribution in [1.82, 2.24) is 9.78 Å². The topological polar surface area (TPSA) is 147 Å². The first-order valence-corrected chi connectivity index (χ1v) is 6.44. The molecule has 3 aromatic rings. The summed E-state index contributed by atoms with van der Waals surface area (Å²) in [6.45, 7) is 0. The van der Waals surface area contributed by atoms with Crippen LogP contribution in [0.15, 0.2) is 42.6 Å². The fraction of sp³-hybridized carbons (Fsp3) is 0. The number of fused-ring (bicyclic) bond motifs is 1. The van der Waals surface area contributed by atoms with Crippen LogP contribution in [0, 0.1) is 30.3 Å². The van der Waals surface area contributed by atoms with E-state index in [2.05, 4.69) is 5.10 Å². The summed E-state index contributed by atoms with van der Waals surface area (Å²) < 4.78 is 1.25. The molecule has 0 unspecified atom stereocenters. The zero-order valence-corrected chi connectivity index (χ0v) is 11.7. The Balaban J connectivity index is 2.24. The summed E-state index contributed by atoms with van der Waals surface area (Å²) in [5.41, 5.74) is -0.479. The zero-order chi connectivity index (χ0) is 17.4. The van der Waals surface area contributed by atoms with Gasteiger partial charge in [-0.1, -0.05) is 0 Å². The molecule has 24 heavy (non-hydrogen) atoms. The third kappa shape index (κ3) is 2.39. The molecule has 120 valence electrons. The minimum absolute atomic E-state index is 0.129. The number of nitrogens with zero attached hydrogens (tertiary/aromatic N) is 5. The number of hydrogen-bond donors (Lipinski definition) is 0. The van der Waals surface area contributed by atoms with Gasteiger partial charge in [0, 0.05) is 18.2 Å². The molecule has 2 aromatic carbocycles. The van der Waals surface area contributed by atoms with Gasteiger partial charge in [-0.05, 0) is 12.1 Å². The Labute approximate surface area is 132 Å². The molecule has 0 N–H and O–H groups in total. The second-order valence-corrected chi connectivity index (χ2v) is 4.74. The highest BCUT2D eigenvalue weighted by Crippen LogP contribution is 2.32. The Morgan fingerprint density at radius 3 is 2.00 bits per heavy atom. The van der Waals surface area contributed by atoms with E-state index in [9.17, 15) is 30.3 Å². The quantitative estimate of drug-likeness (QED) is 0.527. The normalized spacial score (nSPS) is 10.7. The van der Waals surface area contributed by atoms with Crippen LogP contribution in [0.1, 0.15) is 0 Å². The fourth-order valence-electron chi connectivity index (χ4n) is 2.27. The van der Waals surface area contributed by atoms with Gasteiger partial charge < -0.3 is 0 Å². The Morgan fingerprint density at radius 2 is 1.46 bits per heavy atom. The molecular weight excluding hydrogens is 322 g/mol. The molecule has 11 nitrogen and oxygen atoms in total. The Kier molecular flexibility index (Phi) is 3.37. The van der Waals surface area contributed by atoms with Crippen LogP contribution in [0.4, 0.5) is 17.1 Å². The monoisotopic (exact) mass is 329 g/mol. The van der Waals surface area contributed by atoms with Gasteiger partial charge in [-0.15, -0.1) is 0 Å². The standard InChI is InChI=1S/C13H7N5O6/c19-16(20)9-3-1-8(2-4-9)15-12-5-10(17(21)22)6-13(18(23)24)11(12)7-14-15/h1-7H. The minimum Gasteiger partial charge on any atom is -0.258 e. The number of non-ortho nitro benzene ring substituents is 3. The molecule has 11 heteroatoms. The summed E-state index contributed by atoms with van der Waals surface area (Å²) >= 11 is 0. The largest absolute Gasteiger partial charge is 0.287 e. The molecule has 0 saturated carbocycles. The first-order valence-electron chi connectivity index (χ1n) is 6.44. The maximum Gasteiger partial charge on any atom is 0.287 e. The number of nitro groups is 3. The molecule has 0 saturated heterocycles. The maximum atomic E-state index is 11.1. The van der Waals surface area contributed by atoms with Crippen molar-refractivity contribution in [2.45, 2.75) is 0 Å². The van der Waals surface area contributed by atoms with Gasteiger partial charge in [0.05, 0.1) is 43.6 Å². The molecule has 0 aliphatic carbocycles. The average molecular weight is 329 g/mol. The molecule has 0 fully saturated rings. The highest BCUT2D eigenvalue weighted by molar-refractivity contribution is 5.91. The first kappa shape index (κ1) is 15.0. The van der Waals surface area contributed by atoms with Crippen LogP contribution >= 0.6 is 0 Å². The van der Waals surface area contributed by atoms with Crippen LogP contribution in [-0.2, 0) is 0 Å². The van der Waals surface area contributed by atoms with Crippen molar-refractivity contribution in [2.24, 2.45) is 0 Å². The lowest BCUT2D eigenvalue weighted by Gasteiger charge is -2.03. The summed E-state index contributed by atoms with van der Waals surface area (Å²) in [6.07, 6.45) is 1.22. The summed E-state index contributed by atoms with van der Waals surface area (Å²) in [4.78, 5) is 30.8. The summed E-state index contributed by atoms with van der Waals surface area (Å²) in [5.74, 6) is 0. The van der Waals surface area contributed by atoms with Crippen LogP contribution in [0.5, 0.6) is 0 Å². The molecule has 0 amide bonds. The molecule has 0 spiro atoms. The highest BCUT2D eigenvalue weighted by atomic mass is 16.6. The Bertz CT molecular complexity index is 994. The van der Waals surface area contributed by atoms with Crippen LogP contribution in [-0.4, -0.2) is 24.6 Å². The lowest BCUT2D eigenvalue weighted by Crippen LogP contribution is -1.98. The van der Waals surface area contributed by atoms with Crippen LogP contribution in [0.3, 0.4) is 0 Å². The van der Waals surface area contributed by atoms with E-state index in [-0.39, 0.29) is 16.6 Å². The minimum atomic E-state index is -0.736. The summed E-state index contributed by atoms with van der Waals surface area (Å²) in [6, 6.07) is 7.31. The molecule has 1 heterocycles. The number of aromatic nitrogens is 2. The zero-order valence-electron chi connectivity index (χ0n) is 11.7. The van der Waals surface area contributed by atoms with Crippen molar-refractivity contribution in [2.75, 3.05) is 0 Å². The highest BCUT2D eigenvalue weighted by Gasteiger charge is 2.22. The van der Waals surface area contributed by atoms with Crippen molar-refractivity contribution in [3.05, 3.63) is 72.9 Å². The predicted molar refractivity (Wildman–Crippen MR) is 81.0 cm³/mol. The number of hydrogen-bond acceptors (Lipinski definition) is 7. The predicted octanol–water partition coefficient (Wildman–Crippen LogP) is 2.75. The van der Waals surface area contributed by atoms with Gasteiger partial charge in [0.25, 0.3) is 17.1 Å². The first-order chi connectivity index (χ1) is 11.4. The van der Waals surface area contributed by atoms with Gasteiger partial charge in [0.1, 0.15) is 0 Å². The van der Waals surface area contributed by atoms with Crippen molar-refractivity contribution in [3.8, 4) is 5.69 Å². The molecule has 0 bridgehead atoms. The molecular formula is C13H7N5O6. The fourth-order valence-corrected chi connectivity index (χ4v) is 2.27. The smallest absolute Gasteiger partial charge is 0.258 e. The third-order valence-corrected chi connectivity index (χ3v) is 3.36. The van der Waals surface area contributed by atoms with E-state index >= 15 is 0 Å². The van der Waals surface area contributed by atoms with Gasteiger partial charge in [0.2, 0.25) is 0 Å². The Morgan fingerprint density at radius 1 is 0.833 bits per heavy atom. The van der Waals surface area contributed by atoms with E-state index in [4.69, 9.17) is 0 Å². The van der Waals surface area contributed by atoms with Gasteiger partial charge in [0.15, 0.2) is 0 Å². The maximum absolute atomic E-state index is 11.1. The molecule has 0 radical (unpaired) electrons. The Hall–Kier alpha value is -3.89. The lowest BCUT2D eigenvalue weighted by atomic mass is 10.2. The van der Waals surface area contributed by atoms with E-state index in [1.807, 2.05) is 0 Å². The number of benzene rings is 2. The average Bonchev–Trinajstić information content (AvgIpc) is 2.97. The van der Waals surface area contributed by atoms with Crippen LogP contribution in [0.2, 0.25) is 0 Å². The van der Waals surface area contributed by atoms with Gasteiger partial charge in [-0.3, -0.25) is 30.3 Å². The second-order valence-electron chi connectivity index (χ2n) is 4.74. The van der Waals surface area contributed by atoms with Crippen LogP contribution < -0.4 is 0 Å². The van der Waals surface area contributed by atoms with E-state index in [1.165, 1.54) is 35.1 Å². The van der Waals surface area contributed by atoms with Crippen molar-refractivity contribution < 1.29 is 14.8 Å². The molecule has 0 atom stereocenters. The van der Waals surface area contributed by atoms with Crippen molar-refractivity contribution >= 4 is 28.0 Å². The van der Waals surface area contributed by atoms with Crippen molar-refractivity contribution in [3.63, 3.8) is 0 Å². The molecule has 1 aromatic heterocycles. The second kappa shape index (κ2) is 5.39. The SMILES string of the molecule is O=[N+]([O-])c1ccc(-n2ncc3c([N+](=O)[O-])cc([N+](=O)[O-])cc32)cc1. The van der Waals surface area contributed by atoms with E-state index in [1.54, 1.807) is 0 Å². The molecule has 0 aliphatic heterocycles. The van der Waals surface area contributed by atoms with E-state index in [0.29, 0.717) is 5.69 Å². The van der Waals surface area contributed by atoms with Gasteiger partial charge in [-0.2, -0.15) is 5.10 Å². The van der Waals surface area contributed by atoms with Crippen LogP contribution in [0.25, 0.3) is 16.6 Å². The molecule has 3 rings (SSSR count). The number of rotatable bonds is 4. The van der Waals surface area contributed by atoms with E-state index in [0.717, 1.165) is 12.1 Å². The van der Waals surface area contributed by atoms with Gasteiger partial charge in [-0.25, -0.2) is 4.68 Å². The molecule has 0 aliphatic rings.